The van der Waals surface area contributed by atoms with Crippen LogP contribution in [0.4, 0.5) is 8.78 Å². The van der Waals surface area contributed by atoms with E-state index in [0.717, 1.165) is 31.2 Å². The van der Waals surface area contributed by atoms with Gasteiger partial charge in [0.2, 0.25) is 0 Å². The fraction of sp³-hybridized carbons (Fsp3) is 0.600. The molecule has 1 N–H and O–H groups in total. The van der Waals surface area contributed by atoms with E-state index < -0.39 is 11.6 Å². The van der Waals surface area contributed by atoms with Gasteiger partial charge in [-0.25, -0.2) is 8.78 Å². The van der Waals surface area contributed by atoms with Crippen LogP contribution < -0.4 is 5.32 Å². The Morgan fingerprint density at radius 1 is 1.26 bits per heavy atom. The third-order valence-electron chi connectivity index (χ3n) is 4.57. The summed E-state index contributed by atoms with van der Waals surface area (Å²) in [5.41, 5.74) is 0.211. The molecular formula is C15H18BrF2N. The van der Waals surface area contributed by atoms with Crippen LogP contribution in [0.25, 0.3) is 0 Å². The molecule has 2 aliphatic carbocycles. The molecule has 0 spiro atoms. The van der Waals surface area contributed by atoms with Crippen molar-refractivity contribution in [3.63, 3.8) is 0 Å². The quantitative estimate of drug-likeness (QED) is 0.806. The molecule has 3 atom stereocenters. The van der Waals surface area contributed by atoms with Crippen LogP contribution in [0.3, 0.4) is 0 Å². The van der Waals surface area contributed by atoms with Crippen molar-refractivity contribution in [3.8, 4) is 0 Å². The van der Waals surface area contributed by atoms with Crippen LogP contribution in [0.15, 0.2) is 16.6 Å². The van der Waals surface area contributed by atoms with Gasteiger partial charge in [-0.3, -0.25) is 0 Å². The molecule has 1 aromatic rings. The Kier molecular flexibility index (Phi) is 3.65. The Bertz CT molecular complexity index is 481. The Morgan fingerprint density at radius 3 is 2.58 bits per heavy atom. The van der Waals surface area contributed by atoms with Crippen LogP contribution in [0.5, 0.6) is 0 Å². The van der Waals surface area contributed by atoms with E-state index in [0.29, 0.717) is 10.4 Å². The third-order valence-corrected chi connectivity index (χ3v) is 5.18. The van der Waals surface area contributed by atoms with E-state index in [-0.39, 0.29) is 11.6 Å². The number of nitrogens with one attached hydrogen (secondary N) is 1. The molecule has 2 saturated carbocycles. The monoisotopic (exact) mass is 329 g/mol. The molecule has 4 heteroatoms. The molecule has 1 aromatic carbocycles. The minimum atomic E-state index is -0.452. The van der Waals surface area contributed by atoms with Gasteiger partial charge < -0.3 is 5.32 Å². The fourth-order valence-electron chi connectivity index (χ4n) is 3.59. The first-order valence-electron chi connectivity index (χ1n) is 6.98. The first kappa shape index (κ1) is 13.5. The molecule has 2 fully saturated rings. The number of fused-ring (bicyclic) bond motifs is 1. The highest BCUT2D eigenvalue weighted by Crippen LogP contribution is 2.57. The summed E-state index contributed by atoms with van der Waals surface area (Å²) in [5.74, 6) is 1.09. The second kappa shape index (κ2) is 5.13. The molecule has 0 aliphatic heterocycles. The van der Waals surface area contributed by atoms with Gasteiger partial charge in [-0.15, -0.1) is 0 Å². The lowest BCUT2D eigenvalue weighted by Crippen LogP contribution is -2.29. The summed E-state index contributed by atoms with van der Waals surface area (Å²) < 4.78 is 28.7. The fourth-order valence-corrected chi connectivity index (χ4v) is 3.93. The van der Waals surface area contributed by atoms with Crippen LogP contribution in [0, 0.1) is 29.4 Å². The lowest BCUT2D eigenvalue weighted by atomic mass is 9.88. The Labute approximate surface area is 120 Å². The standard InChI is InChI=1S/C15H18BrF2N/c1-2-19-15(10-6-8-5-9(8)7-10)13-12(17)4-3-11(16)14(13)18/h3-4,8-10,15,19H,2,5-7H2,1H3. The lowest BCUT2D eigenvalue weighted by Gasteiger charge is -2.27. The molecule has 2 aliphatic rings. The van der Waals surface area contributed by atoms with Crippen molar-refractivity contribution in [2.45, 2.75) is 32.2 Å². The molecule has 0 aromatic heterocycles. The molecule has 1 nitrogen and oxygen atoms in total. The maximum Gasteiger partial charge on any atom is 0.145 e. The van der Waals surface area contributed by atoms with Gasteiger partial charge in [-0.1, -0.05) is 6.92 Å². The molecule has 0 saturated heterocycles. The Hall–Kier alpha value is -0.480. The van der Waals surface area contributed by atoms with Gasteiger partial charge in [0.15, 0.2) is 0 Å². The predicted octanol–water partition coefficient (Wildman–Crippen LogP) is 4.42. The Balaban J connectivity index is 1.93. The summed E-state index contributed by atoms with van der Waals surface area (Å²) >= 11 is 3.16. The van der Waals surface area contributed by atoms with E-state index in [9.17, 15) is 8.78 Å². The van der Waals surface area contributed by atoms with Gasteiger partial charge >= 0.3 is 0 Å². The molecule has 0 heterocycles. The highest BCUT2D eigenvalue weighted by molar-refractivity contribution is 9.10. The zero-order chi connectivity index (χ0) is 13.6. The van der Waals surface area contributed by atoms with E-state index >= 15 is 0 Å². The van der Waals surface area contributed by atoms with Crippen molar-refractivity contribution in [2.75, 3.05) is 6.54 Å². The summed E-state index contributed by atoms with van der Waals surface area (Å²) in [6, 6.07) is 2.58. The van der Waals surface area contributed by atoms with Gasteiger partial charge in [0.1, 0.15) is 11.6 Å². The van der Waals surface area contributed by atoms with Crippen molar-refractivity contribution in [1.29, 1.82) is 0 Å². The topological polar surface area (TPSA) is 12.0 Å². The molecule has 0 radical (unpaired) electrons. The van der Waals surface area contributed by atoms with Gasteiger partial charge in [0.25, 0.3) is 0 Å². The lowest BCUT2D eigenvalue weighted by molar-refractivity contribution is 0.327. The summed E-state index contributed by atoms with van der Waals surface area (Å²) in [6.45, 7) is 2.71. The van der Waals surface area contributed by atoms with E-state index in [1.54, 1.807) is 0 Å². The summed E-state index contributed by atoms with van der Waals surface area (Å²) in [4.78, 5) is 0. The highest BCUT2D eigenvalue weighted by atomic mass is 79.9. The van der Waals surface area contributed by atoms with Crippen LogP contribution in [-0.4, -0.2) is 6.54 Å². The second-order valence-electron chi connectivity index (χ2n) is 5.78. The van der Waals surface area contributed by atoms with Crippen LogP contribution >= 0.6 is 15.9 Å². The number of rotatable bonds is 4. The minimum Gasteiger partial charge on any atom is -0.310 e. The van der Waals surface area contributed by atoms with E-state index in [2.05, 4.69) is 21.2 Å². The SMILES string of the molecule is CCNC(c1c(F)ccc(Br)c1F)C1CC2CC2C1. The normalized spacial score (nSPS) is 30.2. The molecule has 104 valence electrons. The summed E-state index contributed by atoms with van der Waals surface area (Å²) in [5, 5.41) is 3.29. The predicted molar refractivity (Wildman–Crippen MR) is 74.8 cm³/mol. The van der Waals surface area contributed by atoms with Crippen molar-refractivity contribution >= 4 is 15.9 Å². The van der Waals surface area contributed by atoms with Crippen molar-refractivity contribution in [2.24, 2.45) is 17.8 Å². The smallest absolute Gasteiger partial charge is 0.145 e. The third kappa shape index (κ3) is 2.45. The van der Waals surface area contributed by atoms with Crippen LogP contribution in [0.2, 0.25) is 0 Å². The van der Waals surface area contributed by atoms with Crippen molar-refractivity contribution < 1.29 is 8.78 Å². The minimum absolute atomic E-state index is 0.199. The molecule has 3 unspecified atom stereocenters. The summed E-state index contributed by atoms with van der Waals surface area (Å²) in [6.07, 6.45) is 3.53. The van der Waals surface area contributed by atoms with E-state index in [4.69, 9.17) is 0 Å². The molecular weight excluding hydrogens is 312 g/mol. The van der Waals surface area contributed by atoms with Gasteiger partial charge in [0, 0.05) is 11.6 Å². The van der Waals surface area contributed by atoms with Crippen molar-refractivity contribution in [3.05, 3.63) is 33.8 Å². The zero-order valence-corrected chi connectivity index (χ0v) is 12.5. The molecule has 0 bridgehead atoms. The maximum atomic E-state index is 14.3. The van der Waals surface area contributed by atoms with Crippen LogP contribution in [0.1, 0.15) is 37.8 Å². The number of hydrogen-bond acceptors (Lipinski definition) is 1. The molecule has 19 heavy (non-hydrogen) atoms. The first-order valence-corrected chi connectivity index (χ1v) is 7.77. The molecule has 3 rings (SSSR count). The largest absolute Gasteiger partial charge is 0.310 e. The van der Waals surface area contributed by atoms with Crippen molar-refractivity contribution in [1.82, 2.24) is 5.32 Å². The highest BCUT2D eigenvalue weighted by Gasteiger charge is 2.48. The van der Waals surface area contributed by atoms with Crippen LogP contribution in [-0.2, 0) is 0 Å². The summed E-state index contributed by atoms with van der Waals surface area (Å²) in [7, 11) is 0. The van der Waals surface area contributed by atoms with E-state index in [1.807, 2.05) is 6.92 Å². The average Bonchev–Trinajstić information content (AvgIpc) is 3.00. The average molecular weight is 330 g/mol. The van der Waals surface area contributed by atoms with Gasteiger partial charge in [-0.2, -0.15) is 0 Å². The molecule has 0 amide bonds. The second-order valence-corrected chi connectivity index (χ2v) is 6.63. The first-order chi connectivity index (χ1) is 9.11. The maximum absolute atomic E-state index is 14.3. The number of benzene rings is 1. The van der Waals surface area contributed by atoms with Gasteiger partial charge in [-0.05, 0) is 71.6 Å². The zero-order valence-electron chi connectivity index (χ0n) is 10.9. The van der Waals surface area contributed by atoms with Gasteiger partial charge in [0.05, 0.1) is 4.47 Å². The van der Waals surface area contributed by atoms with E-state index in [1.165, 1.54) is 18.6 Å². The number of halogens is 3. The Morgan fingerprint density at radius 2 is 1.95 bits per heavy atom. The number of hydrogen-bond donors (Lipinski definition) is 1.